The minimum atomic E-state index is -2.02. The number of hydrogen-bond donors (Lipinski definition) is 0. The van der Waals surface area contributed by atoms with Crippen LogP contribution < -0.4 is 0 Å². The van der Waals surface area contributed by atoms with E-state index in [2.05, 4.69) is 41.5 Å². The van der Waals surface area contributed by atoms with Crippen LogP contribution in [0.5, 0.6) is 0 Å². The van der Waals surface area contributed by atoms with Gasteiger partial charge in [0.15, 0.2) is 0 Å². The van der Waals surface area contributed by atoms with Gasteiger partial charge in [0.25, 0.3) is 0 Å². The molecule has 0 spiro atoms. The lowest BCUT2D eigenvalue weighted by Crippen LogP contribution is -2.51. The minimum Gasteiger partial charge on any atom is -0.394 e. The highest BCUT2D eigenvalue weighted by Gasteiger charge is 2.51. The van der Waals surface area contributed by atoms with Crippen molar-refractivity contribution in [1.29, 1.82) is 0 Å². The van der Waals surface area contributed by atoms with Crippen molar-refractivity contribution < 1.29 is 8.85 Å². The number of rotatable bonds is 8. The Labute approximate surface area is 96.6 Å². The third-order valence-corrected chi connectivity index (χ3v) is 8.69. The molecule has 0 saturated heterocycles. The molecule has 92 valence electrons. The van der Waals surface area contributed by atoms with Crippen LogP contribution in [0.1, 0.15) is 54.4 Å². The molecule has 0 saturated carbocycles. The topological polar surface area (TPSA) is 18.5 Å². The van der Waals surface area contributed by atoms with Crippen LogP contribution in [0.25, 0.3) is 0 Å². The zero-order valence-corrected chi connectivity index (χ0v) is 12.4. The lowest BCUT2D eigenvalue weighted by molar-refractivity contribution is 0.151. The van der Waals surface area contributed by atoms with Crippen LogP contribution >= 0.6 is 0 Å². The fourth-order valence-electron chi connectivity index (χ4n) is 2.28. The van der Waals surface area contributed by atoms with Gasteiger partial charge >= 0.3 is 8.56 Å². The van der Waals surface area contributed by atoms with Crippen molar-refractivity contribution in [3.8, 4) is 0 Å². The SMILES string of the molecule is CCO[Si](CC)(OCC)C(C)(CC)CC. The Morgan fingerprint density at radius 1 is 0.867 bits per heavy atom. The Balaban J connectivity index is 5.00. The predicted molar refractivity (Wildman–Crippen MR) is 68.4 cm³/mol. The third kappa shape index (κ3) is 3.05. The maximum Gasteiger partial charge on any atom is 0.343 e. The fourth-order valence-corrected chi connectivity index (χ4v) is 6.33. The highest BCUT2D eigenvalue weighted by Crippen LogP contribution is 2.47. The molecule has 2 nitrogen and oxygen atoms in total. The summed E-state index contributed by atoms with van der Waals surface area (Å²) in [6.07, 6.45) is 2.28. The van der Waals surface area contributed by atoms with Gasteiger partial charge in [0.2, 0.25) is 0 Å². The number of hydrogen-bond acceptors (Lipinski definition) is 2. The summed E-state index contributed by atoms with van der Waals surface area (Å²) in [4.78, 5) is 0. The molecule has 0 rings (SSSR count). The molecule has 0 aromatic carbocycles. The van der Waals surface area contributed by atoms with Crippen LogP contribution in [-0.4, -0.2) is 21.8 Å². The van der Waals surface area contributed by atoms with Crippen LogP contribution in [0.15, 0.2) is 0 Å². The highest BCUT2D eigenvalue weighted by atomic mass is 28.4. The van der Waals surface area contributed by atoms with Crippen molar-refractivity contribution in [3.63, 3.8) is 0 Å². The Kier molecular flexibility index (Phi) is 6.72. The molecule has 0 aliphatic heterocycles. The van der Waals surface area contributed by atoms with E-state index in [0.717, 1.165) is 32.1 Å². The minimum absolute atomic E-state index is 0.244. The van der Waals surface area contributed by atoms with Gasteiger partial charge in [-0.05, 0) is 32.7 Å². The van der Waals surface area contributed by atoms with Gasteiger partial charge in [-0.2, -0.15) is 0 Å². The Morgan fingerprint density at radius 2 is 1.27 bits per heavy atom. The van der Waals surface area contributed by atoms with Crippen LogP contribution in [0.3, 0.4) is 0 Å². The molecular weight excluding hydrogens is 204 g/mol. The molecule has 3 heteroatoms. The molecule has 0 bridgehead atoms. The summed E-state index contributed by atoms with van der Waals surface area (Å²) in [5, 5.41) is 0.244. The largest absolute Gasteiger partial charge is 0.394 e. The van der Waals surface area contributed by atoms with E-state index in [9.17, 15) is 0 Å². The smallest absolute Gasteiger partial charge is 0.343 e. The van der Waals surface area contributed by atoms with Crippen molar-refractivity contribution >= 4 is 8.56 Å². The standard InChI is InChI=1S/C12H28O2Si/c1-7-12(6,8-2)15(11-5,13-9-3)14-10-4/h7-11H2,1-6H3. The van der Waals surface area contributed by atoms with Crippen molar-refractivity contribution in [2.75, 3.05) is 13.2 Å². The summed E-state index contributed by atoms with van der Waals surface area (Å²) in [6, 6.07) is 1.05. The Bertz CT molecular complexity index is 161. The average Bonchev–Trinajstić information content (AvgIpc) is 2.27. The zero-order valence-electron chi connectivity index (χ0n) is 11.4. The van der Waals surface area contributed by atoms with Crippen molar-refractivity contribution in [1.82, 2.24) is 0 Å². The van der Waals surface area contributed by atoms with E-state index in [-0.39, 0.29) is 5.04 Å². The maximum absolute atomic E-state index is 6.08. The van der Waals surface area contributed by atoms with Crippen LogP contribution in [0, 0.1) is 0 Å². The van der Waals surface area contributed by atoms with E-state index in [1.807, 2.05) is 0 Å². The van der Waals surface area contributed by atoms with E-state index in [1.54, 1.807) is 0 Å². The molecule has 0 atom stereocenters. The quantitative estimate of drug-likeness (QED) is 0.587. The summed E-state index contributed by atoms with van der Waals surface area (Å²) in [7, 11) is -2.02. The monoisotopic (exact) mass is 232 g/mol. The van der Waals surface area contributed by atoms with Gasteiger partial charge in [-0.15, -0.1) is 0 Å². The first kappa shape index (κ1) is 15.1. The summed E-state index contributed by atoms with van der Waals surface area (Å²) in [5.41, 5.74) is 0. The second kappa shape index (κ2) is 6.66. The van der Waals surface area contributed by atoms with Gasteiger partial charge in [0.1, 0.15) is 0 Å². The molecular formula is C12H28O2Si. The highest BCUT2D eigenvalue weighted by molar-refractivity contribution is 6.70. The summed E-state index contributed by atoms with van der Waals surface area (Å²) >= 11 is 0. The van der Waals surface area contributed by atoms with Gasteiger partial charge in [-0.3, -0.25) is 0 Å². The first-order valence-corrected chi connectivity index (χ1v) is 8.36. The molecule has 0 aliphatic rings. The Hall–Kier alpha value is 0.137. The molecule has 0 amide bonds. The second-order valence-electron chi connectivity index (χ2n) is 4.24. The summed E-state index contributed by atoms with van der Waals surface area (Å²) in [5.74, 6) is 0. The molecule has 0 N–H and O–H groups in total. The van der Waals surface area contributed by atoms with Crippen molar-refractivity contribution in [2.24, 2.45) is 0 Å². The Morgan fingerprint density at radius 3 is 1.47 bits per heavy atom. The van der Waals surface area contributed by atoms with E-state index >= 15 is 0 Å². The van der Waals surface area contributed by atoms with E-state index in [1.165, 1.54) is 0 Å². The molecule has 0 unspecified atom stereocenters. The first-order chi connectivity index (χ1) is 7.05. The average molecular weight is 232 g/mol. The fraction of sp³-hybridized carbons (Fsp3) is 1.00. The molecule has 0 heterocycles. The second-order valence-corrected chi connectivity index (χ2v) is 8.24. The van der Waals surface area contributed by atoms with Gasteiger partial charge in [0, 0.05) is 18.3 Å². The van der Waals surface area contributed by atoms with Crippen LogP contribution in [0.4, 0.5) is 0 Å². The molecule has 0 aromatic heterocycles. The predicted octanol–water partition coefficient (Wildman–Crippen LogP) is 4.10. The van der Waals surface area contributed by atoms with Gasteiger partial charge in [-0.1, -0.05) is 27.7 Å². The van der Waals surface area contributed by atoms with Crippen molar-refractivity contribution in [2.45, 2.75) is 65.5 Å². The molecule has 0 radical (unpaired) electrons. The van der Waals surface area contributed by atoms with E-state index in [0.29, 0.717) is 0 Å². The maximum atomic E-state index is 6.08. The van der Waals surface area contributed by atoms with Gasteiger partial charge in [-0.25, -0.2) is 0 Å². The van der Waals surface area contributed by atoms with Crippen molar-refractivity contribution in [3.05, 3.63) is 0 Å². The summed E-state index contributed by atoms with van der Waals surface area (Å²) < 4.78 is 12.2. The van der Waals surface area contributed by atoms with E-state index < -0.39 is 8.56 Å². The van der Waals surface area contributed by atoms with Gasteiger partial charge < -0.3 is 8.85 Å². The van der Waals surface area contributed by atoms with Crippen LogP contribution in [0.2, 0.25) is 11.1 Å². The molecule has 15 heavy (non-hydrogen) atoms. The van der Waals surface area contributed by atoms with Gasteiger partial charge in [0.05, 0.1) is 0 Å². The first-order valence-electron chi connectivity index (χ1n) is 6.33. The molecule has 0 aromatic rings. The lowest BCUT2D eigenvalue weighted by Gasteiger charge is -2.43. The zero-order chi connectivity index (χ0) is 11.9. The van der Waals surface area contributed by atoms with E-state index in [4.69, 9.17) is 8.85 Å². The lowest BCUT2D eigenvalue weighted by atomic mass is 10.1. The third-order valence-electron chi connectivity index (χ3n) is 3.70. The normalized spacial score (nSPS) is 13.2. The molecule has 0 aliphatic carbocycles. The molecule has 0 fully saturated rings. The van der Waals surface area contributed by atoms with Crippen LogP contribution in [-0.2, 0) is 8.85 Å². The summed E-state index contributed by atoms with van der Waals surface area (Å²) in [6.45, 7) is 14.7.